The molecule has 19 heavy (non-hydrogen) atoms. The van der Waals surface area contributed by atoms with Crippen LogP contribution in [0, 0.1) is 0 Å². The zero-order chi connectivity index (χ0) is 13.7. The van der Waals surface area contributed by atoms with E-state index in [2.05, 4.69) is 15.0 Å². The Hall–Kier alpha value is -1.96. The number of morpholine rings is 1. The molecule has 1 saturated heterocycles. The predicted octanol–water partition coefficient (Wildman–Crippen LogP) is 0.118. The van der Waals surface area contributed by atoms with E-state index in [4.69, 9.17) is 15.2 Å². The lowest BCUT2D eigenvalue weighted by Gasteiger charge is -2.26. The van der Waals surface area contributed by atoms with Crippen LogP contribution in [0.15, 0.2) is 0 Å². The highest BCUT2D eigenvalue weighted by Crippen LogP contribution is 2.14. The van der Waals surface area contributed by atoms with Crippen LogP contribution >= 0.6 is 0 Å². The van der Waals surface area contributed by atoms with Gasteiger partial charge in [0.05, 0.1) is 13.2 Å². The van der Waals surface area contributed by atoms with Crippen LogP contribution in [0.4, 0.5) is 10.7 Å². The summed E-state index contributed by atoms with van der Waals surface area (Å²) < 4.78 is 10.0. The number of hydrogen-bond donors (Lipinski definition) is 1. The van der Waals surface area contributed by atoms with Crippen molar-refractivity contribution in [2.75, 3.05) is 31.2 Å². The topological polar surface area (TPSA) is 103 Å². The fraction of sp³-hybridized carbons (Fsp3) is 0.636. The van der Waals surface area contributed by atoms with E-state index < -0.39 is 6.09 Å². The number of carbonyl (C=O) groups excluding carboxylic acids is 1. The Morgan fingerprint density at radius 2 is 2.11 bits per heavy atom. The van der Waals surface area contributed by atoms with Gasteiger partial charge in [0.25, 0.3) is 0 Å². The van der Waals surface area contributed by atoms with E-state index in [1.165, 1.54) is 0 Å². The minimum atomic E-state index is -0.929. The number of ether oxygens (including phenoxy) is 2. The Kier molecular flexibility index (Phi) is 4.45. The number of primary amides is 1. The molecule has 1 fully saturated rings. The lowest BCUT2D eigenvalue weighted by Crippen LogP contribution is -2.37. The molecule has 0 unspecified atom stereocenters. The number of aryl methyl sites for hydroxylation is 1. The molecule has 2 heterocycles. The molecule has 0 atom stereocenters. The molecule has 8 nitrogen and oxygen atoms in total. The van der Waals surface area contributed by atoms with Gasteiger partial charge in [-0.1, -0.05) is 6.92 Å². The summed E-state index contributed by atoms with van der Waals surface area (Å²) in [5, 5.41) is 0. The molecule has 1 amide bonds. The molecule has 8 heteroatoms. The van der Waals surface area contributed by atoms with Crippen molar-refractivity contribution in [2.24, 2.45) is 5.73 Å². The van der Waals surface area contributed by atoms with Crippen molar-refractivity contribution in [1.29, 1.82) is 0 Å². The average Bonchev–Trinajstić information content (AvgIpc) is 2.39. The highest BCUT2D eigenvalue weighted by atomic mass is 16.6. The van der Waals surface area contributed by atoms with Crippen LogP contribution < -0.4 is 15.4 Å². The highest BCUT2D eigenvalue weighted by Gasteiger charge is 2.17. The SMILES string of the molecule is CCCc1nc(OC(N)=O)nc(N2CCOCC2)n1. The number of nitrogens with zero attached hydrogens (tertiary/aromatic N) is 4. The molecule has 0 aliphatic carbocycles. The summed E-state index contributed by atoms with van der Waals surface area (Å²) in [6, 6.07) is -0.0487. The number of amides is 1. The van der Waals surface area contributed by atoms with E-state index >= 15 is 0 Å². The van der Waals surface area contributed by atoms with Crippen LogP contribution in [0.25, 0.3) is 0 Å². The summed E-state index contributed by atoms with van der Waals surface area (Å²) in [4.78, 5) is 25.3. The van der Waals surface area contributed by atoms with Crippen LogP contribution in [0.1, 0.15) is 19.2 Å². The molecule has 0 radical (unpaired) electrons. The van der Waals surface area contributed by atoms with E-state index in [0.29, 0.717) is 44.5 Å². The van der Waals surface area contributed by atoms with Gasteiger partial charge in [-0.15, -0.1) is 0 Å². The number of rotatable bonds is 4. The third-order valence-electron chi connectivity index (χ3n) is 2.61. The normalized spacial score (nSPS) is 15.3. The van der Waals surface area contributed by atoms with Crippen LogP contribution in [0.5, 0.6) is 6.01 Å². The van der Waals surface area contributed by atoms with Gasteiger partial charge in [-0.2, -0.15) is 15.0 Å². The minimum Gasteiger partial charge on any atom is -0.378 e. The summed E-state index contributed by atoms with van der Waals surface area (Å²) in [6.45, 7) is 4.67. The second-order valence-electron chi connectivity index (χ2n) is 4.10. The first kappa shape index (κ1) is 13.5. The fourth-order valence-corrected chi connectivity index (χ4v) is 1.76. The van der Waals surface area contributed by atoms with Crippen LogP contribution in [0.3, 0.4) is 0 Å². The van der Waals surface area contributed by atoms with Gasteiger partial charge in [0.2, 0.25) is 5.95 Å². The fourth-order valence-electron chi connectivity index (χ4n) is 1.76. The van der Waals surface area contributed by atoms with Crippen molar-refractivity contribution in [1.82, 2.24) is 15.0 Å². The third-order valence-corrected chi connectivity index (χ3v) is 2.61. The molecule has 0 spiro atoms. The van der Waals surface area contributed by atoms with Crippen molar-refractivity contribution >= 4 is 12.0 Å². The van der Waals surface area contributed by atoms with E-state index in [0.717, 1.165) is 6.42 Å². The minimum absolute atomic E-state index is 0.0487. The van der Waals surface area contributed by atoms with Crippen molar-refractivity contribution in [3.05, 3.63) is 5.82 Å². The van der Waals surface area contributed by atoms with Crippen molar-refractivity contribution < 1.29 is 14.3 Å². The summed E-state index contributed by atoms with van der Waals surface area (Å²) >= 11 is 0. The van der Waals surface area contributed by atoms with Gasteiger partial charge < -0.3 is 20.1 Å². The first-order valence-corrected chi connectivity index (χ1v) is 6.24. The summed E-state index contributed by atoms with van der Waals surface area (Å²) in [5.74, 6) is 1.09. The molecule has 1 aromatic heterocycles. The van der Waals surface area contributed by atoms with E-state index in [-0.39, 0.29) is 6.01 Å². The lowest BCUT2D eigenvalue weighted by molar-refractivity contribution is 0.122. The summed E-state index contributed by atoms with van der Waals surface area (Å²) in [6.07, 6.45) is 0.652. The van der Waals surface area contributed by atoms with Gasteiger partial charge >= 0.3 is 12.1 Å². The molecular formula is C11H17N5O3. The standard InChI is InChI=1S/C11H17N5O3/c1-2-3-8-13-10(16-4-6-18-7-5-16)15-11(14-8)19-9(12)17/h2-7H2,1H3,(H2,12,17). The van der Waals surface area contributed by atoms with Gasteiger partial charge in [-0.25, -0.2) is 4.79 Å². The van der Waals surface area contributed by atoms with Gasteiger partial charge in [0.15, 0.2) is 0 Å². The van der Waals surface area contributed by atoms with E-state index in [1.807, 2.05) is 11.8 Å². The molecule has 1 aromatic rings. The Morgan fingerprint density at radius 3 is 2.74 bits per heavy atom. The molecule has 0 aromatic carbocycles. The second-order valence-corrected chi connectivity index (χ2v) is 4.10. The third kappa shape index (κ3) is 3.75. The first-order chi connectivity index (χ1) is 9.19. The zero-order valence-corrected chi connectivity index (χ0v) is 10.8. The highest BCUT2D eigenvalue weighted by molar-refractivity contribution is 5.67. The molecule has 1 aliphatic rings. The molecule has 0 bridgehead atoms. The van der Waals surface area contributed by atoms with E-state index in [1.54, 1.807) is 0 Å². The van der Waals surface area contributed by atoms with Crippen molar-refractivity contribution in [2.45, 2.75) is 19.8 Å². The molecule has 0 saturated carbocycles. The van der Waals surface area contributed by atoms with Crippen LogP contribution in [-0.2, 0) is 11.2 Å². The van der Waals surface area contributed by atoms with Gasteiger partial charge in [-0.05, 0) is 6.42 Å². The van der Waals surface area contributed by atoms with E-state index in [9.17, 15) is 4.79 Å². The number of hydrogen-bond acceptors (Lipinski definition) is 7. The summed E-state index contributed by atoms with van der Waals surface area (Å²) in [5.41, 5.74) is 4.98. The molecule has 104 valence electrons. The number of aromatic nitrogens is 3. The maximum absolute atomic E-state index is 10.8. The second kappa shape index (κ2) is 6.28. The Labute approximate surface area is 110 Å². The average molecular weight is 267 g/mol. The largest absolute Gasteiger partial charge is 0.412 e. The number of anilines is 1. The van der Waals surface area contributed by atoms with Gasteiger partial charge in [0.1, 0.15) is 5.82 Å². The quantitative estimate of drug-likeness (QED) is 0.826. The predicted molar refractivity (Wildman–Crippen MR) is 67.1 cm³/mol. The van der Waals surface area contributed by atoms with Crippen LogP contribution in [0.2, 0.25) is 0 Å². The Bertz CT molecular complexity index is 448. The number of nitrogens with two attached hydrogens (primary N) is 1. The Morgan fingerprint density at radius 1 is 1.37 bits per heavy atom. The number of carbonyl (C=O) groups is 1. The van der Waals surface area contributed by atoms with Gasteiger partial charge in [-0.3, -0.25) is 0 Å². The molecule has 2 N–H and O–H groups in total. The van der Waals surface area contributed by atoms with Crippen molar-refractivity contribution in [3.63, 3.8) is 0 Å². The monoisotopic (exact) mass is 267 g/mol. The zero-order valence-electron chi connectivity index (χ0n) is 10.8. The van der Waals surface area contributed by atoms with Crippen LogP contribution in [-0.4, -0.2) is 47.3 Å². The summed E-state index contributed by atoms with van der Waals surface area (Å²) in [7, 11) is 0. The maximum atomic E-state index is 10.8. The first-order valence-electron chi connectivity index (χ1n) is 6.24. The maximum Gasteiger partial charge on any atom is 0.412 e. The molecular weight excluding hydrogens is 250 g/mol. The Balaban J connectivity index is 2.24. The van der Waals surface area contributed by atoms with Gasteiger partial charge in [0, 0.05) is 19.5 Å². The van der Waals surface area contributed by atoms with Crippen molar-refractivity contribution in [3.8, 4) is 6.01 Å². The molecule has 1 aliphatic heterocycles. The lowest BCUT2D eigenvalue weighted by atomic mass is 10.3. The smallest absolute Gasteiger partial charge is 0.378 e. The molecule has 2 rings (SSSR count).